The van der Waals surface area contributed by atoms with E-state index in [0.717, 1.165) is 11.6 Å². The highest BCUT2D eigenvalue weighted by molar-refractivity contribution is 7.92. The number of rotatable bonds is 5. The summed E-state index contributed by atoms with van der Waals surface area (Å²) in [6.07, 6.45) is 1.35. The highest BCUT2D eigenvalue weighted by Crippen LogP contribution is 2.23. The van der Waals surface area contributed by atoms with Gasteiger partial charge in [-0.25, -0.2) is 12.8 Å². The van der Waals surface area contributed by atoms with Crippen molar-refractivity contribution in [3.63, 3.8) is 0 Å². The maximum absolute atomic E-state index is 14.1. The molecule has 0 aliphatic heterocycles. The Bertz CT molecular complexity index is 1090. The summed E-state index contributed by atoms with van der Waals surface area (Å²) >= 11 is 0. The lowest BCUT2D eigenvalue weighted by atomic mass is 10.2. The summed E-state index contributed by atoms with van der Waals surface area (Å²) in [4.78, 5) is 12.3. The average Bonchev–Trinajstić information content (AvgIpc) is 3.04. The van der Waals surface area contributed by atoms with Crippen LogP contribution in [0.3, 0.4) is 0 Å². The third-order valence-corrected chi connectivity index (χ3v) is 5.30. The fourth-order valence-corrected chi connectivity index (χ4v) is 3.48. The van der Waals surface area contributed by atoms with Crippen LogP contribution in [0.25, 0.3) is 0 Å². The zero-order valence-electron chi connectivity index (χ0n) is 14.6. The van der Waals surface area contributed by atoms with Gasteiger partial charge >= 0.3 is 0 Å². The van der Waals surface area contributed by atoms with Crippen LogP contribution in [0.5, 0.6) is 0 Å². The summed E-state index contributed by atoms with van der Waals surface area (Å²) in [5, 5.41) is 2.42. The molecule has 0 atom stereocenters. The Balaban J connectivity index is 1.84. The van der Waals surface area contributed by atoms with E-state index < -0.39 is 21.7 Å². The molecule has 3 aromatic rings. The van der Waals surface area contributed by atoms with Crippen molar-refractivity contribution in [2.75, 3.05) is 10.0 Å². The number of amides is 1. The van der Waals surface area contributed by atoms with Gasteiger partial charge in [-0.3, -0.25) is 9.52 Å². The molecule has 0 aliphatic carbocycles. The molecular weight excluding hydrogens is 371 g/mol. The average molecular weight is 388 g/mol. The Labute approximate surface area is 156 Å². The third-order valence-electron chi connectivity index (χ3n) is 3.90. The van der Waals surface area contributed by atoms with Crippen LogP contribution in [-0.4, -0.2) is 14.3 Å². The topological polar surface area (TPSA) is 88.4 Å². The van der Waals surface area contributed by atoms with Gasteiger partial charge in [-0.1, -0.05) is 17.7 Å². The Morgan fingerprint density at radius 1 is 1.04 bits per heavy atom. The number of halogens is 1. The minimum Gasteiger partial charge on any atom is -0.469 e. The second-order valence-electron chi connectivity index (χ2n) is 5.96. The number of benzene rings is 2. The molecular formula is C19H17FN2O4S. The van der Waals surface area contributed by atoms with Crippen LogP contribution in [0.1, 0.15) is 21.7 Å². The number of carbonyl (C=O) groups excluding carboxylic acids is 1. The molecule has 0 fully saturated rings. The molecule has 27 heavy (non-hydrogen) atoms. The smallest absolute Gasteiger partial charge is 0.261 e. The summed E-state index contributed by atoms with van der Waals surface area (Å²) in [5.41, 5.74) is 1.16. The first-order valence-electron chi connectivity index (χ1n) is 8.01. The number of sulfonamides is 1. The fourth-order valence-electron chi connectivity index (χ4n) is 2.43. The van der Waals surface area contributed by atoms with E-state index in [1.165, 1.54) is 36.6 Å². The van der Waals surface area contributed by atoms with Crippen LogP contribution in [0.4, 0.5) is 15.8 Å². The van der Waals surface area contributed by atoms with Gasteiger partial charge < -0.3 is 9.73 Å². The van der Waals surface area contributed by atoms with Gasteiger partial charge in [0.1, 0.15) is 11.6 Å². The van der Waals surface area contributed by atoms with E-state index in [-0.39, 0.29) is 21.8 Å². The van der Waals surface area contributed by atoms with Crippen molar-refractivity contribution < 1.29 is 22.0 Å². The van der Waals surface area contributed by atoms with Crippen LogP contribution in [0.2, 0.25) is 0 Å². The zero-order valence-corrected chi connectivity index (χ0v) is 15.4. The monoisotopic (exact) mass is 388 g/mol. The molecule has 0 spiro atoms. The van der Waals surface area contributed by atoms with E-state index in [2.05, 4.69) is 10.0 Å². The molecule has 0 radical (unpaired) electrons. The maximum Gasteiger partial charge on any atom is 0.261 e. The van der Waals surface area contributed by atoms with E-state index in [9.17, 15) is 17.6 Å². The van der Waals surface area contributed by atoms with Crippen molar-refractivity contribution >= 4 is 27.3 Å². The lowest BCUT2D eigenvalue weighted by Gasteiger charge is -2.11. The van der Waals surface area contributed by atoms with E-state index in [4.69, 9.17) is 4.42 Å². The minimum atomic E-state index is -3.84. The van der Waals surface area contributed by atoms with Crippen LogP contribution in [0, 0.1) is 19.7 Å². The number of anilines is 2. The largest absolute Gasteiger partial charge is 0.469 e. The number of nitrogens with one attached hydrogen (secondary N) is 2. The van der Waals surface area contributed by atoms with Crippen LogP contribution < -0.4 is 10.0 Å². The summed E-state index contributed by atoms with van der Waals surface area (Å²) in [7, 11) is -3.84. The van der Waals surface area contributed by atoms with Crippen LogP contribution in [-0.2, 0) is 10.0 Å². The molecule has 0 saturated heterocycles. The van der Waals surface area contributed by atoms with Crippen molar-refractivity contribution in [2.45, 2.75) is 18.7 Å². The van der Waals surface area contributed by atoms with Gasteiger partial charge in [0, 0.05) is 0 Å². The lowest BCUT2D eigenvalue weighted by molar-refractivity contribution is 0.102. The number of carbonyl (C=O) groups is 1. The van der Waals surface area contributed by atoms with Gasteiger partial charge in [-0.2, -0.15) is 0 Å². The van der Waals surface area contributed by atoms with E-state index >= 15 is 0 Å². The lowest BCUT2D eigenvalue weighted by Crippen LogP contribution is -2.15. The van der Waals surface area contributed by atoms with Gasteiger partial charge in [0.15, 0.2) is 0 Å². The molecule has 2 aromatic carbocycles. The standard InChI is InChI=1S/C19H17FN2O4S/c1-12-3-6-15(7-4-12)27(24,25)22-14-5-8-17(20)18(11-14)21-19(23)16-9-10-26-13(16)2/h3-11,22H,1-2H3,(H,21,23). The number of aryl methyl sites for hydroxylation is 2. The fraction of sp³-hybridized carbons (Fsp3) is 0.105. The van der Waals surface area contributed by atoms with E-state index in [0.29, 0.717) is 5.76 Å². The zero-order chi connectivity index (χ0) is 19.6. The highest BCUT2D eigenvalue weighted by atomic mass is 32.2. The second-order valence-corrected chi connectivity index (χ2v) is 7.64. The molecule has 2 N–H and O–H groups in total. The Kier molecular flexibility index (Phi) is 5.00. The van der Waals surface area contributed by atoms with Gasteiger partial charge in [-0.15, -0.1) is 0 Å². The van der Waals surface area contributed by atoms with E-state index in [1.807, 2.05) is 6.92 Å². The van der Waals surface area contributed by atoms with Crippen molar-refractivity contribution in [1.82, 2.24) is 0 Å². The number of hydrogen-bond acceptors (Lipinski definition) is 4. The quantitative estimate of drug-likeness (QED) is 0.689. The molecule has 1 aromatic heterocycles. The van der Waals surface area contributed by atoms with Crippen molar-refractivity contribution in [3.05, 3.63) is 77.5 Å². The van der Waals surface area contributed by atoms with Gasteiger partial charge in [0.05, 0.1) is 28.1 Å². The predicted molar refractivity (Wildman–Crippen MR) is 99.8 cm³/mol. The SMILES string of the molecule is Cc1ccc(S(=O)(=O)Nc2ccc(F)c(NC(=O)c3ccoc3C)c2)cc1. The Morgan fingerprint density at radius 3 is 2.37 bits per heavy atom. The van der Waals surface area contributed by atoms with Crippen LogP contribution in [0.15, 0.2) is 64.1 Å². The summed E-state index contributed by atoms with van der Waals surface area (Å²) in [6.45, 7) is 3.46. The number of furan rings is 1. The number of hydrogen-bond donors (Lipinski definition) is 2. The van der Waals surface area contributed by atoms with E-state index in [1.54, 1.807) is 19.1 Å². The molecule has 8 heteroatoms. The molecule has 1 heterocycles. The molecule has 0 aliphatic rings. The predicted octanol–water partition coefficient (Wildman–Crippen LogP) is 4.09. The van der Waals surface area contributed by atoms with Gasteiger partial charge in [-0.05, 0) is 50.2 Å². The normalized spacial score (nSPS) is 11.2. The molecule has 140 valence electrons. The first-order valence-corrected chi connectivity index (χ1v) is 9.49. The molecule has 0 bridgehead atoms. The Morgan fingerprint density at radius 2 is 1.74 bits per heavy atom. The molecule has 1 amide bonds. The molecule has 3 rings (SSSR count). The first-order chi connectivity index (χ1) is 12.8. The summed E-state index contributed by atoms with van der Waals surface area (Å²) in [5.74, 6) is -0.856. The maximum atomic E-state index is 14.1. The summed E-state index contributed by atoms with van der Waals surface area (Å²) < 4.78 is 46.4. The minimum absolute atomic E-state index is 0.0806. The molecule has 0 saturated carbocycles. The first kappa shape index (κ1) is 18.7. The van der Waals surface area contributed by atoms with Crippen LogP contribution >= 0.6 is 0 Å². The molecule has 6 nitrogen and oxygen atoms in total. The van der Waals surface area contributed by atoms with Crippen molar-refractivity contribution in [3.8, 4) is 0 Å². The third kappa shape index (κ3) is 4.17. The highest BCUT2D eigenvalue weighted by Gasteiger charge is 2.17. The van der Waals surface area contributed by atoms with Crippen molar-refractivity contribution in [2.24, 2.45) is 0 Å². The summed E-state index contributed by atoms with van der Waals surface area (Å²) in [6, 6.07) is 11.3. The van der Waals surface area contributed by atoms with Gasteiger partial charge in [0.25, 0.3) is 15.9 Å². The second kappa shape index (κ2) is 7.24. The molecule has 0 unspecified atom stereocenters. The van der Waals surface area contributed by atoms with Gasteiger partial charge in [0.2, 0.25) is 0 Å². The Hall–Kier alpha value is -3.13. The van der Waals surface area contributed by atoms with Crippen molar-refractivity contribution in [1.29, 1.82) is 0 Å².